The number of hydrogen-bond acceptors (Lipinski definition) is 3. The van der Waals surface area contributed by atoms with E-state index in [1.54, 1.807) is 0 Å². The zero-order valence-corrected chi connectivity index (χ0v) is 10.5. The van der Waals surface area contributed by atoms with Gasteiger partial charge in [0.1, 0.15) is 0 Å². The maximum Gasteiger partial charge on any atom is 0.161 e. The number of aryl methyl sites for hydroxylation is 1. The Morgan fingerprint density at radius 1 is 1.06 bits per heavy atom. The quantitative estimate of drug-likeness (QED) is 0.808. The van der Waals surface area contributed by atoms with Crippen LogP contribution >= 0.6 is 0 Å². The van der Waals surface area contributed by atoms with E-state index >= 15 is 0 Å². The first-order chi connectivity index (χ1) is 8.26. The number of rotatable bonds is 4. The van der Waals surface area contributed by atoms with Gasteiger partial charge in [-0.1, -0.05) is 0 Å². The van der Waals surface area contributed by atoms with Crippen LogP contribution in [0.25, 0.3) is 10.8 Å². The van der Waals surface area contributed by atoms with Crippen molar-refractivity contribution in [3.63, 3.8) is 0 Å². The van der Waals surface area contributed by atoms with Crippen molar-refractivity contribution in [3.05, 3.63) is 30.1 Å². The van der Waals surface area contributed by atoms with Gasteiger partial charge in [0, 0.05) is 17.3 Å². The molecule has 0 unspecified atom stereocenters. The Kier molecular flexibility index (Phi) is 3.47. The first kappa shape index (κ1) is 11.7. The monoisotopic (exact) mass is 231 g/mol. The van der Waals surface area contributed by atoms with Crippen LogP contribution in [0.2, 0.25) is 0 Å². The molecule has 0 aliphatic heterocycles. The molecule has 1 heterocycles. The van der Waals surface area contributed by atoms with Gasteiger partial charge < -0.3 is 9.47 Å². The van der Waals surface area contributed by atoms with Crippen molar-refractivity contribution in [2.24, 2.45) is 0 Å². The lowest BCUT2D eigenvalue weighted by atomic mass is 10.1. The fraction of sp³-hybridized carbons (Fsp3) is 0.357. The Morgan fingerprint density at radius 3 is 2.35 bits per heavy atom. The fourth-order valence-electron chi connectivity index (χ4n) is 1.86. The maximum atomic E-state index is 5.60. The predicted octanol–water partition coefficient (Wildman–Crippen LogP) is 3.34. The van der Waals surface area contributed by atoms with Crippen LogP contribution in [0.5, 0.6) is 11.5 Å². The third kappa shape index (κ3) is 2.33. The molecule has 3 heteroatoms. The van der Waals surface area contributed by atoms with Gasteiger partial charge in [0.15, 0.2) is 11.5 Å². The van der Waals surface area contributed by atoms with E-state index in [-0.39, 0.29) is 0 Å². The standard InChI is InChI=1S/C14H17NO2/c1-4-16-13-8-11-6-7-15-10(3)12(11)9-14(13)17-5-2/h6-9H,4-5H2,1-3H3. The summed E-state index contributed by atoms with van der Waals surface area (Å²) in [5.74, 6) is 1.59. The fourth-order valence-corrected chi connectivity index (χ4v) is 1.86. The van der Waals surface area contributed by atoms with E-state index in [9.17, 15) is 0 Å². The number of benzene rings is 1. The molecule has 3 nitrogen and oxygen atoms in total. The molecule has 1 aromatic carbocycles. The van der Waals surface area contributed by atoms with Crippen LogP contribution < -0.4 is 9.47 Å². The van der Waals surface area contributed by atoms with Gasteiger partial charge in [-0.15, -0.1) is 0 Å². The lowest BCUT2D eigenvalue weighted by molar-refractivity contribution is 0.288. The molecule has 0 N–H and O–H groups in total. The van der Waals surface area contributed by atoms with Gasteiger partial charge >= 0.3 is 0 Å². The van der Waals surface area contributed by atoms with Crippen LogP contribution in [-0.2, 0) is 0 Å². The van der Waals surface area contributed by atoms with Gasteiger partial charge in [0.25, 0.3) is 0 Å². The van der Waals surface area contributed by atoms with E-state index in [1.807, 2.05) is 45.2 Å². The molecule has 2 aromatic rings. The SMILES string of the molecule is CCOc1cc2ccnc(C)c2cc1OCC. The number of aromatic nitrogens is 1. The van der Waals surface area contributed by atoms with Crippen molar-refractivity contribution >= 4 is 10.8 Å². The molecule has 0 radical (unpaired) electrons. The Morgan fingerprint density at radius 2 is 1.71 bits per heavy atom. The van der Waals surface area contributed by atoms with Crippen LogP contribution in [-0.4, -0.2) is 18.2 Å². The smallest absolute Gasteiger partial charge is 0.161 e. The summed E-state index contributed by atoms with van der Waals surface area (Å²) in [7, 11) is 0. The van der Waals surface area contributed by atoms with Crippen molar-refractivity contribution in [2.45, 2.75) is 20.8 Å². The summed E-state index contributed by atoms with van der Waals surface area (Å²) < 4.78 is 11.2. The summed E-state index contributed by atoms with van der Waals surface area (Å²) in [6.07, 6.45) is 1.81. The molecule has 1 aromatic heterocycles. The molecule has 0 bridgehead atoms. The van der Waals surface area contributed by atoms with Crippen molar-refractivity contribution in [2.75, 3.05) is 13.2 Å². The van der Waals surface area contributed by atoms with E-state index < -0.39 is 0 Å². The Bertz CT molecular complexity index is 523. The minimum Gasteiger partial charge on any atom is -0.490 e. The topological polar surface area (TPSA) is 31.4 Å². The van der Waals surface area contributed by atoms with Crippen LogP contribution in [0, 0.1) is 6.92 Å². The third-order valence-electron chi connectivity index (χ3n) is 2.63. The second-order valence-corrected chi connectivity index (χ2v) is 3.78. The molecular weight excluding hydrogens is 214 g/mol. The molecule has 0 fully saturated rings. The number of ether oxygens (including phenoxy) is 2. The van der Waals surface area contributed by atoms with E-state index in [0.717, 1.165) is 28.0 Å². The Labute approximate surface area is 101 Å². The highest BCUT2D eigenvalue weighted by Gasteiger charge is 2.08. The van der Waals surface area contributed by atoms with Crippen LogP contribution in [0.1, 0.15) is 19.5 Å². The third-order valence-corrected chi connectivity index (χ3v) is 2.63. The Hall–Kier alpha value is -1.77. The second kappa shape index (κ2) is 5.04. The van der Waals surface area contributed by atoms with Crippen molar-refractivity contribution < 1.29 is 9.47 Å². The van der Waals surface area contributed by atoms with Crippen LogP contribution in [0.15, 0.2) is 24.4 Å². The highest BCUT2D eigenvalue weighted by Crippen LogP contribution is 2.33. The summed E-state index contributed by atoms with van der Waals surface area (Å²) in [4.78, 5) is 4.29. The van der Waals surface area contributed by atoms with Gasteiger partial charge in [-0.2, -0.15) is 0 Å². The first-order valence-electron chi connectivity index (χ1n) is 5.91. The van der Waals surface area contributed by atoms with Gasteiger partial charge in [0.05, 0.1) is 13.2 Å². The number of nitrogens with zero attached hydrogens (tertiary/aromatic N) is 1. The molecule has 0 spiro atoms. The second-order valence-electron chi connectivity index (χ2n) is 3.78. The highest BCUT2D eigenvalue weighted by molar-refractivity contribution is 5.87. The highest BCUT2D eigenvalue weighted by atomic mass is 16.5. The lowest BCUT2D eigenvalue weighted by Crippen LogP contribution is -1.99. The van der Waals surface area contributed by atoms with E-state index in [4.69, 9.17) is 9.47 Å². The minimum atomic E-state index is 0.630. The first-order valence-corrected chi connectivity index (χ1v) is 5.91. The zero-order chi connectivity index (χ0) is 12.3. The molecule has 0 saturated heterocycles. The van der Waals surface area contributed by atoms with Crippen LogP contribution in [0.3, 0.4) is 0 Å². The largest absolute Gasteiger partial charge is 0.490 e. The zero-order valence-electron chi connectivity index (χ0n) is 10.5. The molecule has 0 amide bonds. The normalized spacial score (nSPS) is 10.5. The molecule has 0 saturated carbocycles. The number of fused-ring (bicyclic) bond motifs is 1. The summed E-state index contributed by atoms with van der Waals surface area (Å²) in [6, 6.07) is 6.01. The van der Waals surface area contributed by atoms with Crippen molar-refractivity contribution in [3.8, 4) is 11.5 Å². The summed E-state index contributed by atoms with van der Waals surface area (Å²) >= 11 is 0. The number of pyridine rings is 1. The van der Waals surface area contributed by atoms with Crippen LogP contribution in [0.4, 0.5) is 0 Å². The average molecular weight is 231 g/mol. The van der Waals surface area contributed by atoms with Crippen molar-refractivity contribution in [1.29, 1.82) is 0 Å². The Balaban J connectivity index is 2.59. The summed E-state index contributed by atoms with van der Waals surface area (Å²) in [5.41, 5.74) is 1.01. The van der Waals surface area contributed by atoms with Gasteiger partial charge in [-0.3, -0.25) is 4.98 Å². The minimum absolute atomic E-state index is 0.630. The number of hydrogen-bond donors (Lipinski definition) is 0. The predicted molar refractivity (Wildman–Crippen MR) is 68.8 cm³/mol. The van der Waals surface area contributed by atoms with Gasteiger partial charge in [-0.05, 0) is 44.4 Å². The molecule has 17 heavy (non-hydrogen) atoms. The van der Waals surface area contributed by atoms with E-state index in [2.05, 4.69) is 4.98 Å². The molecule has 0 atom stereocenters. The molecule has 2 rings (SSSR count). The lowest BCUT2D eigenvalue weighted by Gasteiger charge is -2.12. The summed E-state index contributed by atoms with van der Waals surface area (Å²) in [6.45, 7) is 7.20. The molecule has 0 aliphatic rings. The molecule has 90 valence electrons. The average Bonchev–Trinajstić information content (AvgIpc) is 2.32. The van der Waals surface area contributed by atoms with E-state index in [0.29, 0.717) is 13.2 Å². The summed E-state index contributed by atoms with van der Waals surface area (Å²) in [5, 5.41) is 2.24. The maximum absolute atomic E-state index is 5.60. The molecule has 0 aliphatic carbocycles. The van der Waals surface area contributed by atoms with Gasteiger partial charge in [0.2, 0.25) is 0 Å². The molecular formula is C14H17NO2. The van der Waals surface area contributed by atoms with E-state index in [1.165, 1.54) is 0 Å². The van der Waals surface area contributed by atoms with Crippen molar-refractivity contribution in [1.82, 2.24) is 4.98 Å². The van der Waals surface area contributed by atoms with Gasteiger partial charge in [-0.25, -0.2) is 0 Å².